The first-order valence-electron chi connectivity index (χ1n) is 7.33. The van der Waals surface area contributed by atoms with Crippen molar-refractivity contribution in [2.24, 2.45) is 0 Å². The topological polar surface area (TPSA) is 79.1 Å². The van der Waals surface area contributed by atoms with Crippen LogP contribution in [0.4, 0.5) is 0 Å². The van der Waals surface area contributed by atoms with Crippen molar-refractivity contribution in [2.45, 2.75) is 20.5 Å². The molecule has 7 nitrogen and oxygen atoms in total. The van der Waals surface area contributed by atoms with Gasteiger partial charge in [0, 0.05) is 25.0 Å². The first-order chi connectivity index (χ1) is 11.6. The molecule has 0 saturated carbocycles. The number of aromatic nitrogens is 4. The van der Waals surface area contributed by atoms with Gasteiger partial charge in [-0.15, -0.1) is 0 Å². The molecule has 0 fully saturated rings. The predicted molar refractivity (Wildman–Crippen MR) is 86.0 cm³/mol. The lowest BCUT2D eigenvalue weighted by molar-refractivity contribution is -0.132. The molecular formula is C17H16N4O3. The van der Waals surface area contributed by atoms with E-state index in [4.69, 9.17) is 9.47 Å². The number of hydrogen-bond donors (Lipinski definition) is 0. The fourth-order valence-corrected chi connectivity index (χ4v) is 2.17. The Balaban J connectivity index is 1.69. The summed E-state index contributed by atoms with van der Waals surface area (Å²) in [4.78, 5) is 22.9. The third kappa shape index (κ3) is 3.75. The molecule has 7 heteroatoms. The molecule has 0 aliphatic rings. The average molecular weight is 324 g/mol. The lowest BCUT2D eigenvalue weighted by Crippen LogP contribution is -2.05. The maximum Gasteiger partial charge on any atom is 0.309 e. The highest BCUT2D eigenvalue weighted by Crippen LogP contribution is 2.18. The fraction of sp³-hybridized carbons (Fsp3) is 0.176. The summed E-state index contributed by atoms with van der Waals surface area (Å²) in [6.07, 6.45) is 6.68. The van der Waals surface area contributed by atoms with Crippen LogP contribution < -0.4 is 9.47 Å². The zero-order valence-electron chi connectivity index (χ0n) is 13.3. The number of aryl methyl sites for hydroxylation is 1. The lowest BCUT2D eigenvalue weighted by atomic mass is 10.1. The number of carbonyl (C=O) groups is 1. The van der Waals surface area contributed by atoms with Crippen LogP contribution in [-0.4, -0.2) is 25.5 Å². The van der Waals surface area contributed by atoms with E-state index in [9.17, 15) is 4.79 Å². The second-order valence-corrected chi connectivity index (χ2v) is 5.16. The standard InChI is InChI=1S/C17H16N4O3/c1-12-7-15(21-6-5-18-11-21)4-3-14(12)9-23-16-8-17(20-10-19-16)24-13(2)22/h3-8,10-11H,9H2,1-2H3. The largest absolute Gasteiger partial charge is 0.473 e. The first-order valence-corrected chi connectivity index (χ1v) is 7.33. The van der Waals surface area contributed by atoms with Crippen LogP contribution in [0.2, 0.25) is 0 Å². The number of nitrogens with zero attached hydrogens (tertiary/aromatic N) is 4. The Kier molecular flexibility index (Phi) is 4.51. The SMILES string of the molecule is CC(=O)Oc1cc(OCc2ccc(-n3ccnc3)cc2C)ncn1. The van der Waals surface area contributed by atoms with Crippen molar-refractivity contribution in [2.75, 3.05) is 0 Å². The smallest absolute Gasteiger partial charge is 0.309 e. The molecule has 122 valence electrons. The van der Waals surface area contributed by atoms with Gasteiger partial charge in [0.15, 0.2) is 0 Å². The summed E-state index contributed by atoms with van der Waals surface area (Å²) in [6.45, 7) is 3.68. The Hall–Kier alpha value is -3.22. The van der Waals surface area contributed by atoms with Crippen molar-refractivity contribution in [3.05, 3.63) is 60.4 Å². The third-order valence-corrected chi connectivity index (χ3v) is 3.37. The van der Waals surface area contributed by atoms with Gasteiger partial charge in [0.2, 0.25) is 11.8 Å². The van der Waals surface area contributed by atoms with Crippen LogP contribution in [0.25, 0.3) is 5.69 Å². The zero-order chi connectivity index (χ0) is 16.9. The summed E-state index contributed by atoms with van der Waals surface area (Å²) < 4.78 is 12.5. The number of ether oxygens (including phenoxy) is 2. The zero-order valence-corrected chi connectivity index (χ0v) is 13.3. The van der Waals surface area contributed by atoms with Crippen LogP contribution in [0.1, 0.15) is 18.1 Å². The molecule has 0 unspecified atom stereocenters. The Morgan fingerprint density at radius 3 is 2.75 bits per heavy atom. The lowest BCUT2D eigenvalue weighted by Gasteiger charge is -2.10. The molecule has 0 N–H and O–H groups in total. The van der Waals surface area contributed by atoms with Crippen LogP contribution in [-0.2, 0) is 11.4 Å². The Morgan fingerprint density at radius 1 is 1.21 bits per heavy atom. The van der Waals surface area contributed by atoms with Gasteiger partial charge in [-0.05, 0) is 30.2 Å². The van der Waals surface area contributed by atoms with Gasteiger partial charge in [-0.25, -0.2) is 15.0 Å². The summed E-state index contributed by atoms with van der Waals surface area (Å²) in [7, 11) is 0. The number of imidazole rings is 1. The molecule has 2 heterocycles. The molecule has 24 heavy (non-hydrogen) atoms. The van der Waals surface area contributed by atoms with Crippen molar-refractivity contribution >= 4 is 5.97 Å². The van der Waals surface area contributed by atoms with Crippen LogP contribution in [0.3, 0.4) is 0 Å². The van der Waals surface area contributed by atoms with E-state index in [0.717, 1.165) is 16.8 Å². The fourth-order valence-electron chi connectivity index (χ4n) is 2.17. The van der Waals surface area contributed by atoms with Gasteiger partial charge in [-0.3, -0.25) is 4.79 Å². The average Bonchev–Trinajstić information content (AvgIpc) is 3.08. The summed E-state index contributed by atoms with van der Waals surface area (Å²) in [6, 6.07) is 7.54. The van der Waals surface area contributed by atoms with Crippen LogP contribution in [0.5, 0.6) is 11.8 Å². The van der Waals surface area contributed by atoms with Gasteiger partial charge in [0.25, 0.3) is 0 Å². The molecule has 0 aliphatic heterocycles. The molecule has 0 spiro atoms. The van der Waals surface area contributed by atoms with Gasteiger partial charge in [0.1, 0.15) is 12.9 Å². The molecule has 0 amide bonds. The monoisotopic (exact) mass is 324 g/mol. The minimum atomic E-state index is -0.439. The van der Waals surface area contributed by atoms with E-state index in [-0.39, 0.29) is 5.88 Å². The molecule has 3 rings (SSSR count). The van der Waals surface area contributed by atoms with E-state index in [2.05, 4.69) is 21.0 Å². The van der Waals surface area contributed by atoms with E-state index < -0.39 is 5.97 Å². The summed E-state index contributed by atoms with van der Waals surface area (Å²) >= 11 is 0. The molecule has 0 saturated heterocycles. The summed E-state index contributed by atoms with van der Waals surface area (Å²) in [5, 5.41) is 0. The van der Waals surface area contributed by atoms with Crippen molar-refractivity contribution in [3.8, 4) is 17.4 Å². The maximum atomic E-state index is 10.9. The minimum Gasteiger partial charge on any atom is -0.473 e. The summed E-state index contributed by atoms with van der Waals surface area (Å²) in [5.74, 6) is 0.0737. The second kappa shape index (κ2) is 6.91. The Morgan fingerprint density at radius 2 is 2.04 bits per heavy atom. The molecule has 0 aliphatic carbocycles. The number of hydrogen-bond acceptors (Lipinski definition) is 6. The normalized spacial score (nSPS) is 10.4. The highest BCUT2D eigenvalue weighted by atomic mass is 16.5. The molecule has 2 aromatic heterocycles. The first kappa shape index (κ1) is 15.7. The maximum absolute atomic E-state index is 10.9. The van der Waals surface area contributed by atoms with Gasteiger partial charge < -0.3 is 14.0 Å². The molecule has 0 radical (unpaired) electrons. The number of rotatable bonds is 5. The second-order valence-electron chi connectivity index (χ2n) is 5.16. The van der Waals surface area contributed by atoms with Gasteiger partial charge in [-0.1, -0.05) is 6.07 Å². The quantitative estimate of drug-likeness (QED) is 0.671. The molecule has 3 aromatic rings. The van der Waals surface area contributed by atoms with Crippen LogP contribution in [0, 0.1) is 6.92 Å². The van der Waals surface area contributed by atoms with Crippen molar-refractivity contribution < 1.29 is 14.3 Å². The molecule has 1 aromatic carbocycles. The summed E-state index contributed by atoms with van der Waals surface area (Å²) in [5.41, 5.74) is 3.16. The van der Waals surface area contributed by atoms with Crippen LogP contribution in [0.15, 0.2) is 49.3 Å². The molecule has 0 atom stereocenters. The van der Waals surface area contributed by atoms with Crippen molar-refractivity contribution in [3.63, 3.8) is 0 Å². The molecule has 0 bridgehead atoms. The molecular weight excluding hydrogens is 308 g/mol. The highest BCUT2D eigenvalue weighted by molar-refractivity contribution is 5.68. The Bertz CT molecular complexity index is 847. The van der Waals surface area contributed by atoms with E-state index in [1.165, 1.54) is 19.3 Å². The van der Waals surface area contributed by atoms with Gasteiger partial charge in [0.05, 0.1) is 12.4 Å². The van der Waals surface area contributed by atoms with Gasteiger partial charge >= 0.3 is 5.97 Å². The van der Waals surface area contributed by atoms with Crippen molar-refractivity contribution in [1.82, 2.24) is 19.5 Å². The number of benzene rings is 1. The number of carbonyl (C=O) groups excluding carboxylic acids is 1. The van der Waals surface area contributed by atoms with Crippen molar-refractivity contribution in [1.29, 1.82) is 0 Å². The predicted octanol–water partition coefficient (Wildman–Crippen LogP) is 2.48. The third-order valence-electron chi connectivity index (χ3n) is 3.37. The van der Waals surface area contributed by atoms with Crippen LogP contribution >= 0.6 is 0 Å². The Labute approximate surface area is 138 Å². The highest BCUT2D eigenvalue weighted by Gasteiger charge is 2.06. The minimum absolute atomic E-state index is 0.166. The number of esters is 1. The van der Waals surface area contributed by atoms with E-state index >= 15 is 0 Å². The van der Waals surface area contributed by atoms with E-state index in [0.29, 0.717) is 12.5 Å². The van der Waals surface area contributed by atoms with Gasteiger partial charge in [-0.2, -0.15) is 0 Å². The van der Waals surface area contributed by atoms with E-state index in [1.54, 1.807) is 12.5 Å². The van der Waals surface area contributed by atoms with E-state index in [1.807, 2.05) is 29.8 Å².